The van der Waals surface area contributed by atoms with E-state index in [2.05, 4.69) is 41.4 Å². The first-order valence-electron chi connectivity index (χ1n) is 4.58. The van der Waals surface area contributed by atoms with Crippen LogP contribution in [0.1, 0.15) is 6.42 Å². The highest BCUT2D eigenvalue weighted by atomic mass is 79.9. The Bertz CT molecular complexity index is 642. The first-order chi connectivity index (χ1) is 8.42. The fraction of sp³-hybridized carbons (Fsp3) is 0.125. The molecule has 1 aliphatic rings. The molecule has 0 saturated heterocycles. The minimum absolute atomic E-state index is 0.0678. The molecule has 1 aromatic rings. The zero-order valence-electron chi connectivity index (χ0n) is 8.75. The van der Waals surface area contributed by atoms with Crippen molar-refractivity contribution in [1.82, 2.24) is 4.98 Å². The molecule has 2 rings (SSSR count). The lowest BCUT2D eigenvalue weighted by Crippen LogP contribution is -2.26. The van der Waals surface area contributed by atoms with Crippen LogP contribution < -0.4 is 11.2 Å². The molecular weight excluding hydrogens is 328 g/mol. The van der Waals surface area contributed by atoms with Gasteiger partial charge in [0.25, 0.3) is 10.0 Å². The Morgan fingerprint density at radius 1 is 1.56 bits per heavy atom. The van der Waals surface area contributed by atoms with E-state index in [0.717, 1.165) is 0 Å². The summed E-state index contributed by atoms with van der Waals surface area (Å²) in [6.45, 7) is 0. The van der Waals surface area contributed by atoms with Gasteiger partial charge in [0.05, 0.1) is 0 Å². The highest BCUT2D eigenvalue weighted by Crippen LogP contribution is 2.28. The standard InChI is InChI=1S/C8H7BrN4O4S/c9-4-1-5-8(11-3-4)12-6(2-7(14)17-10)13-18(5,15)16/h1,3H,2,10H2,(H,11,12,13). The Morgan fingerprint density at radius 3 is 2.94 bits per heavy atom. The molecule has 0 spiro atoms. The second-order valence-electron chi connectivity index (χ2n) is 3.30. The van der Waals surface area contributed by atoms with Crippen LogP contribution in [0.5, 0.6) is 0 Å². The largest absolute Gasteiger partial charge is 0.373 e. The lowest BCUT2D eigenvalue weighted by Gasteiger charge is -2.16. The first-order valence-corrected chi connectivity index (χ1v) is 6.81. The molecule has 1 aromatic heterocycles. The van der Waals surface area contributed by atoms with E-state index < -0.39 is 16.0 Å². The van der Waals surface area contributed by atoms with Gasteiger partial charge in [-0.15, -0.1) is 4.40 Å². The number of carbonyl (C=O) groups is 1. The van der Waals surface area contributed by atoms with Crippen LogP contribution in [-0.4, -0.2) is 25.2 Å². The van der Waals surface area contributed by atoms with Gasteiger partial charge in [0, 0.05) is 10.7 Å². The van der Waals surface area contributed by atoms with Crippen molar-refractivity contribution in [1.29, 1.82) is 0 Å². The van der Waals surface area contributed by atoms with Crippen molar-refractivity contribution < 1.29 is 18.0 Å². The zero-order chi connectivity index (χ0) is 13.3. The van der Waals surface area contributed by atoms with Gasteiger partial charge in [-0.2, -0.15) is 14.3 Å². The second kappa shape index (κ2) is 4.63. The summed E-state index contributed by atoms with van der Waals surface area (Å²) in [6, 6.07) is 1.37. The molecule has 10 heteroatoms. The third kappa shape index (κ3) is 2.49. The summed E-state index contributed by atoms with van der Waals surface area (Å²) in [7, 11) is -3.88. The molecule has 96 valence electrons. The van der Waals surface area contributed by atoms with E-state index in [1.807, 2.05) is 0 Å². The maximum atomic E-state index is 11.8. The van der Waals surface area contributed by atoms with E-state index in [1.54, 1.807) is 0 Å². The van der Waals surface area contributed by atoms with Crippen molar-refractivity contribution in [2.45, 2.75) is 11.3 Å². The third-order valence-corrected chi connectivity index (χ3v) is 3.79. The number of pyridine rings is 1. The molecule has 0 unspecified atom stereocenters. The lowest BCUT2D eigenvalue weighted by molar-refractivity contribution is -0.142. The second-order valence-corrected chi connectivity index (χ2v) is 5.79. The highest BCUT2D eigenvalue weighted by molar-refractivity contribution is 9.10. The van der Waals surface area contributed by atoms with Crippen molar-refractivity contribution in [3.8, 4) is 0 Å². The van der Waals surface area contributed by atoms with Crippen LogP contribution in [0.3, 0.4) is 0 Å². The molecule has 0 saturated carbocycles. The monoisotopic (exact) mass is 334 g/mol. The lowest BCUT2D eigenvalue weighted by atomic mass is 10.4. The Morgan fingerprint density at radius 2 is 2.28 bits per heavy atom. The quantitative estimate of drug-likeness (QED) is 0.738. The van der Waals surface area contributed by atoms with Gasteiger partial charge in [0.2, 0.25) is 0 Å². The average Bonchev–Trinajstić information content (AvgIpc) is 2.29. The number of sulfonamides is 1. The molecule has 3 N–H and O–H groups in total. The average molecular weight is 335 g/mol. The molecule has 2 heterocycles. The van der Waals surface area contributed by atoms with E-state index in [0.29, 0.717) is 4.47 Å². The molecule has 1 aliphatic heterocycles. The van der Waals surface area contributed by atoms with Crippen molar-refractivity contribution >= 4 is 43.6 Å². The van der Waals surface area contributed by atoms with Crippen LogP contribution in [0.15, 0.2) is 26.0 Å². The highest BCUT2D eigenvalue weighted by Gasteiger charge is 2.27. The Kier molecular flexibility index (Phi) is 3.32. The van der Waals surface area contributed by atoms with Gasteiger partial charge in [-0.3, -0.25) is 0 Å². The normalized spacial score (nSPS) is 16.2. The maximum Gasteiger partial charge on any atom is 0.331 e. The van der Waals surface area contributed by atoms with Gasteiger partial charge < -0.3 is 10.2 Å². The van der Waals surface area contributed by atoms with E-state index in [9.17, 15) is 13.2 Å². The van der Waals surface area contributed by atoms with Crippen molar-refractivity contribution in [2.24, 2.45) is 10.3 Å². The molecule has 0 fully saturated rings. The van der Waals surface area contributed by atoms with Crippen LogP contribution in [0.4, 0.5) is 5.82 Å². The molecule has 0 amide bonds. The summed E-state index contributed by atoms with van der Waals surface area (Å²) in [5, 5.41) is 2.63. The summed E-state index contributed by atoms with van der Waals surface area (Å²) in [6.07, 6.45) is 1.04. The van der Waals surface area contributed by atoms with Crippen LogP contribution in [0.2, 0.25) is 0 Å². The number of aromatic nitrogens is 1. The molecule has 8 nitrogen and oxygen atoms in total. The summed E-state index contributed by atoms with van der Waals surface area (Å²) in [5.41, 5.74) is 0. The number of fused-ring (bicyclic) bond motifs is 1. The van der Waals surface area contributed by atoms with E-state index in [1.165, 1.54) is 12.3 Å². The molecule has 0 bridgehead atoms. The number of rotatable bonds is 2. The summed E-state index contributed by atoms with van der Waals surface area (Å²) >= 11 is 3.11. The van der Waals surface area contributed by atoms with Crippen LogP contribution in [0.25, 0.3) is 0 Å². The summed E-state index contributed by atoms with van der Waals surface area (Å²) in [4.78, 5) is 18.7. The van der Waals surface area contributed by atoms with E-state index in [-0.39, 0.29) is 23.0 Å². The van der Waals surface area contributed by atoms with Gasteiger partial charge in [-0.05, 0) is 22.0 Å². The number of hydrogen-bond donors (Lipinski definition) is 2. The van der Waals surface area contributed by atoms with Crippen LogP contribution in [-0.2, 0) is 19.7 Å². The van der Waals surface area contributed by atoms with Crippen LogP contribution in [0, 0.1) is 0 Å². The predicted molar refractivity (Wildman–Crippen MR) is 65.1 cm³/mol. The molecule has 0 aromatic carbocycles. The SMILES string of the molecule is NOC(=O)CC1=NS(=O)(=O)c2cc(Br)cnc2N1. The van der Waals surface area contributed by atoms with Gasteiger partial charge in [0.15, 0.2) is 5.82 Å². The molecule has 18 heavy (non-hydrogen) atoms. The topological polar surface area (TPSA) is 124 Å². The molecule has 0 aliphatic carbocycles. The summed E-state index contributed by atoms with van der Waals surface area (Å²) < 4.78 is 27.6. The maximum absolute atomic E-state index is 11.8. The van der Waals surface area contributed by atoms with E-state index in [4.69, 9.17) is 0 Å². The molecule has 0 atom stereocenters. The molecular formula is C8H7BrN4O4S. The first kappa shape index (κ1) is 12.9. The number of anilines is 1. The number of amidine groups is 1. The number of hydrogen-bond acceptors (Lipinski definition) is 7. The van der Waals surface area contributed by atoms with Gasteiger partial charge in [-0.25, -0.2) is 9.78 Å². The van der Waals surface area contributed by atoms with Crippen molar-refractivity contribution in [2.75, 3.05) is 5.32 Å². The zero-order valence-corrected chi connectivity index (χ0v) is 11.2. The minimum atomic E-state index is -3.88. The van der Waals surface area contributed by atoms with E-state index >= 15 is 0 Å². The smallest absolute Gasteiger partial charge is 0.331 e. The fourth-order valence-electron chi connectivity index (χ4n) is 1.32. The summed E-state index contributed by atoms with van der Waals surface area (Å²) in [5.74, 6) is 3.87. The van der Waals surface area contributed by atoms with Crippen molar-refractivity contribution in [3.63, 3.8) is 0 Å². The van der Waals surface area contributed by atoms with Gasteiger partial charge in [0.1, 0.15) is 17.2 Å². The number of nitrogens with two attached hydrogens (primary N) is 1. The minimum Gasteiger partial charge on any atom is -0.373 e. The Hall–Kier alpha value is -1.52. The van der Waals surface area contributed by atoms with Gasteiger partial charge >= 0.3 is 5.97 Å². The van der Waals surface area contributed by atoms with Crippen LogP contribution >= 0.6 is 15.9 Å². The predicted octanol–water partition coefficient (Wildman–Crippen LogP) is 0.164. The Balaban J connectivity index is 2.42. The number of carbonyl (C=O) groups excluding carboxylic acids is 1. The molecule has 0 radical (unpaired) electrons. The number of nitrogens with zero attached hydrogens (tertiary/aromatic N) is 2. The van der Waals surface area contributed by atoms with Crippen molar-refractivity contribution in [3.05, 3.63) is 16.7 Å². The van der Waals surface area contributed by atoms with Gasteiger partial charge in [-0.1, -0.05) is 0 Å². The fourth-order valence-corrected chi connectivity index (χ4v) is 2.93. The third-order valence-electron chi connectivity index (χ3n) is 2.03. The Labute approximate surface area is 110 Å². The number of nitrogens with one attached hydrogen (secondary N) is 1. The number of halogens is 1.